The number of hydrogen-bond donors (Lipinski definition) is 0. The summed E-state index contributed by atoms with van der Waals surface area (Å²) in [7, 11) is 5.90. The van der Waals surface area contributed by atoms with Gasteiger partial charge in [-0.25, -0.2) is 0 Å². The van der Waals surface area contributed by atoms with Gasteiger partial charge in [0.05, 0.1) is 40.3 Å². The van der Waals surface area contributed by atoms with Crippen molar-refractivity contribution >= 4 is 17.9 Å². The molecule has 0 aromatic rings. The number of hydrogen-bond acceptors (Lipinski definition) is 8. The van der Waals surface area contributed by atoms with Crippen LogP contribution in [0.1, 0.15) is 232 Å². The van der Waals surface area contributed by atoms with Crippen molar-refractivity contribution in [1.29, 1.82) is 0 Å². The first kappa shape index (κ1) is 79.7. The Hall–Kier alpha value is -5.35. The number of carboxylic acid groups (broad SMARTS) is 1. The second kappa shape index (κ2) is 64.6. The molecule has 0 rings (SSSR count). The van der Waals surface area contributed by atoms with E-state index in [1.165, 1.54) is 57.8 Å². The molecule has 0 N–H and O–H groups in total. The summed E-state index contributed by atoms with van der Waals surface area (Å²) in [4.78, 5) is 37.5. The van der Waals surface area contributed by atoms with E-state index in [-0.39, 0.29) is 38.6 Å². The summed E-state index contributed by atoms with van der Waals surface area (Å²) in [6, 6.07) is 0. The van der Waals surface area contributed by atoms with E-state index in [0.717, 1.165) is 141 Å². The van der Waals surface area contributed by atoms with Crippen LogP contribution in [-0.2, 0) is 33.3 Å². The van der Waals surface area contributed by atoms with Gasteiger partial charge >= 0.3 is 11.9 Å². The van der Waals surface area contributed by atoms with E-state index in [1.54, 1.807) is 0 Å². The number of carbonyl (C=O) groups excluding carboxylic acids is 3. The molecule has 2 unspecified atom stereocenters. The van der Waals surface area contributed by atoms with Crippen molar-refractivity contribution in [3.63, 3.8) is 0 Å². The predicted octanol–water partition coefficient (Wildman–Crippen LogP) is 19.3. The molecule has 0 aromatic heterocycles. The number of esters is 2. The average Bonchev–Trinajstić information content (AvgIpc) is 3.48. The highest BCUT2D eigenvalue weighted by atomic mass is 16.7. The standard InChI is InChI=1S/C76H121NO8/c1-6-8-10-12-14-16-18-20-22-24-26-28-30-32-34-36-37-39-40-42-44-46-48-50-52-54-56-58-60-62-64-66-73(78)83-70-72(71-84-76(75(80)81)82-69-68-77(3,4)5)85-74(79)67-65-63-61-59-57-55-53-51-49-47-45-43-41-38-35-33-31-29-27-25-23-21-19-17-15-13-11-9-7-2/h8-11,14-17,20-23,26-29,32-35,37,39,41,43,47,49,53,55,72,76H,6-7,12-13,18-19,24-25,30-31,36,38,40,42,44-46,48,50-52,54,56-71H2,1-5H3/b10-8-,11-9-,16-14-,17-15-,22-20-,23-21-,28-26-,29-27-,34-32-,35-33-,39-37-,43-41-,49-47-,55-53-. The third-order valence-corrected chi connectivity index (χ3v) is 13.5. The van der Waals surface area contributed by atoms with Crippen molar-refractivity contribution in [3.8, 4) is 0 Å². The van der Waals surface area contributed by atoms with Crippen LogP contribution >= 0.6 is 0 Å². The first-order valence-electron chi connectivity index (χ1n) is 33.3. The quantitative estimate of drug-likeness (QED) is 0.0195. The monoisotopic (exact) mass is 1180 g/mol. The lowest BCUT2D eigenvalue weighted by molar-refractivity contribution is -0.870. The van der Waals surface area contributed by atoms with Crippen molar-refractivity contribution < 1.29 is 42.9 Å². The van der Waals surface area contributed by atoms with Gasteiger partial charge in [0.15, 0.2) is 12.4 Å². The molecule has 0 amide bonds. The molecular formula is C76H121NO8. The zero-order valence-corrected chi connectivity index (χ0v) is 54.4. The Morgan fingerprint density at radius 2 is 0.635 bits per heavy atom. The normalized spacial score (nSPS) is 13.8. The number of carboxylic acids is 1. The van der Waals surface area contributed by atoms with E-state index >= 15 is 0 Å². The van der Waals surface area contributed by atoms with Crippen LogP contribution in [0.25, 0.3) is 0 Å². The third kappa shape index (κ3) is 66.0. The fourth-order valence-electron chi connectivity index (χ4n) is 8.44. The van der Waals surface area contributed by atoms with Crippen molar-refractivity contribution in [3.05, 3.63) is 170 Å². The maximum Gasteiger partial charge on any atom is 0.306 e. The van der Waals surface area contributed by atoms with Gasteiger partial charge in [-0.2, -0.15) is 0 Å². The van der Waals surface area contributed by atoms with Gasteiger partial charge in [0.25, 0.3) is 0 Å². The maximum absolute atomic E-state index is 12.9. The Morgan fingerprint density at radius 3 is 0.941 bits per heavy atom. The molecule has 0 aromatic carbocycles. The first-order chi connectivity index (χ1) is 41.6. The molecule has 2 atom stereocenters. The van der Waals surface area contributed by atoms with Crippen LogP contribution in [0.4, 0.5) is 0 Å². The zero-order chi connectivity index (χ0) is 61.9. The summed E-state index contributed by atoms with van der Waals surface area (Å²) in [5.74, 6) is -2.34. The highest BCUT2D eigenvalue weighted by Gasteiger charge is 2.22. The lowest BCUT2D eigenvalue weighted by Crippen LogP contribution is -2.44. The lowest BCUT2D eigenvalue weighted by atomic mass is 10.0. The Bertz CT molecular complexity index is 2000. The van der Waals surface area contributed by atoms with Gasteiger partial charge in [-0.3, -0.25) is 9.59 Å². The summed E-state index contributed by atoms with van der Waals surface area (Å²) in [5.41, 5.74) is 0. The van der Waals surface area contributed by atoms with Gasteiger partial charge in [0.2, 0.25) is 0 Å². The molecule has 0 aliphatic carbocycles. The Kier molecular flexibility index (Phi) is 60.6. The number of quaternary nitrogens is 1. The van der Waals surface area contributed by atoms with Crippen molar-refractivity contribution in [2.45, 2.75) is 245 Å². The molecule has 0 saturated heterocycles. The molecule has 9 heteroatoms. The molecular weight excluding hydrogens is 1050 g/mol. The van der Waals surface area contributed by atoms with Crippen LogP contribution in [0.15, 0.2) is 170 Å². The van der Waals surface area contributed by atoms with Gasteiger partial charge in [-0.15, -0.1) is 0 Å². The van der Waals surface area contributed by atoms with Crippen LogP contribution in [0, 0.1) is 0 Å². The smallest absolute Gasteiger partial charge is 0.306 e. The number of nitrogens with zero attached hydrogens (tertiary/aromatic N) is 1. The summed E-state index contributed by atoms with van der Waals surface area (Å²) in [5, 5.41) is 11.8. The lowest BCUT2D eigenvalue weighted by Gasteiger charge is -2.26. The predicted molar refractivity (Wildman–Crippen MR) is 361 cm³/mol. The first-order valence-corrected chi connectivity index (χ1v) is 33.3. The largest absolute Gasteiger partial charge is 0.545 e. The van der Waals surface area contributed by atoms with Crippen LogP contribution < -0.4 is 5.11 Å². The maximum atomic E-state index is 12.9. The van der Waals surface area contributed by atoms with Gasteiger partial charge in [-0.1, -0.05) is 261 Å². The highest BCUT2D eigenvalue weighted by Crippen LogP contribution is 2.15. The summed E-state index contributed by atoms with van der Waals surface area (Å²) >= 11 is 0. The van der Waals surface area contributed by atoms with E-state index in [9.17, 15) is 19.5 Å². The minimum absolute atomic E-state index is 0.132. The van der Waals surface area contributed by atoms with E-state index < -0.39 is 24.3 Å². The molecule has 0 fully saturated rings. The van der Waals surface area contributed by atoms with Gasteiger partial charge < -0.3 is 33.3 Å². The molecule has 9 nitrogen and oxygen atoms in total. The fraction of sp³-hybridized carbons (Fsp3) is 0.592. The number of rotatable bonds is 59. The number of allylic oxidation sites excluding steroid dienone is 28. The molecule has 478 valence electrons. The van der Waals surface area contributed by atoms with Crippen LogP contribution in [-0.4, -0.2) is 82.3 Å². The Balaban J connectivity index is 4.27. The summed E-state index contributed by atoms with van der Waals surface area (Å²) < 4.78 is 22.7. The van der Waals surface area contributed by atoms with Crippen LogP contribution in [0.3, 0.4) is 0 Å². The molecule has 85 heavy (non-hydrogen) atoms. The van der Waals surface area contributed by atoms with E-state index in [2.05, 4.69) is 184 Å². The van der Waals surface area contributed by atoms with Gasteiger partial charge in [-0.05, 0) is 128 Å². The molecule has 0 spiro atoms. The van der Waals surface area contributed by atoms with Crippen molar-refractivity contribution in [2.75, 3.05) is 47.5 Å². The average molecular weight is 1180 g/mol. The minimum Gasteiger partial charge on any atom is -0.545 e. The Labute approximate surface area is 520 Å². The summed E-state index contributed by atoms with van der Waals surface area (Å²) in [6.07, 6.45) is 94.1. The number of likely N-dealkylation sites (N-methyl/N-ethyl adjacent to an activating group) is 1. The molecule has 0 heterocycles. The second-order valence-corrected chi connectivity index (χ2v) is 22.6. The molecule has 0 bridgehead atoms. The topological polar surface area (TPSA) is 111 Å². The third-order valence-electron chi connectivity index (χ3n) is 13.5. The molecule has 0 aliphatic heterocycles. The highest BCUT2D eigenvalue weighted by molar-refractivity contribution is 5.70. The minimum atomic E-state index is -1.64. The van der Waals surface area contributed by atoms with Crippen molar-refractivity contribution in [1.82, 2.24) is 0 Å². The van der Waals surface area contributed by atoms with Crippen LogP contribution in [0.2, 0.25) is 0 Å². The van der Waals surface area contributed by atoms with E-state index in [0.29, 0.717) is 17.4 Å². The molecule has 0 aliphatic rings. The fourth-order valence-corrected chi connectivity index (χ4v) is 8.44. The Morgan fingerprint density at radius 1 is 0.353 bits per heavy atom. The number of aliphatic carboxylic acids is 1. The number of ether oxygens (including phenoxy) is 4. The SMILES string of the molecule is CC/C=C\C/C=C\C/C=C\C/C=C\C/C=C\C/C=C\C/C=C\C/C=C\CCCCCCC(=O)OC(COC(=O)CCCCCCCCCCCCCC/C=C\C/C=C\C/C=C\C/C=C\C/C=C\C/C=C\CC)COC(OCC[N+](C)(C)C)C(=O)[O-]. The van der Waals surface area contributed by atoms with Crippen molar-refractivity contribution in [2.24, 2.45) is 0 Å². The van der Waals surface area contributed by atoms with Crippen LogP contribution in [0.5, 0.6) is 0 Å². The number of carbonyl (C=O) groups is 3. The molecule has 0 saturated carbocycles. The second-order valence-electron chi connectivity index (χ2n) is 22.6. The molecule has 0 radical (unpaired) electrons. The van der Waals surface area contributed by atoms with E-state index in [1.807, 2.05) is 21.1 Å². The van der Waals surface area contributed by atoms with E-state index in [4.69, 9.17) is 18.9 Å². The summed E-state index contributed by atoms with van der Waals surface area (Å²) in [6.45, 7) is 4.47. The van der Waals surface area contributed by atoms with Gasteiger partial charge in [0, 0.05) is 12.8 Å². The van der Waals surface area contributed by atoms with Gasteiger partial charge in [0.1, 0.15) is 13.2 Å². The number of unbranched alkanes of at least 4 members (excludes halogenated alkanes) is 16. The zero-order valence-electron chi connectivity index (χ0n) is 54.4.